The van der Waals surface area contributed by atoms with Crippen molar-refractivity contribution >= 4 is 5.69 Å². The summed E-state index contributed by atoms with van der Waals surface area (Å²) in [6.45, 7) is 6.37. The number of nitrogens with zero attached hydrogens (tertiary/aromatic N) is 1. The fourth-order valence-corrected chi connectivity index (χ4v) is 0.861. The summed E-state index contributed by atoms with van der Waals surface area (Å²) in [7, 11) is 0. The third kappa shape index (κ3) is 3.15. The third-order valence-corrected chi connectivity index (χ3v) is 1.60. The molecule has 1 aromatic heterocycles. The van der Waals surface area contributed by atoms with Crippen LogP contribution in [0.3, 0.4) is 0 Å². The van der Waals surface area contributed by atoms with E-state index in [0.717, 1.165) is 12.0 Å². The molecular weight excluding hydrogens is 164 g/mol. The number of hydrogen-bond donors (Lipinski definition) is 1. The molecule has 2 N–H and O–H groups in total. The molecule has 0 aliphatic carbocycles. The van der Waals surface area contributed by atoms with E-state index in [2.05, 4.69) is 11.6 Å². The number of anilines is 1. The van der Waals surface area contributed by atoms with E-state index in [4.69, 9.17) is 10.5 Å². The van der Waals surface area contributed by atoms with Gasteiger partial charge in [-0.3, -0.25) is 4.98 Å². The molecule has 0 spiro atoms. The number of rotatable bonds is 4. The van der Waals surface area contributed by atoms with Gasteiger partial charge in [0.15, 0.2) is 0 Å². The van der Waals surface area contributed by atoms with Gasteiger partial charge in [-0.25, -0.2) is 0 Å². The van der Waals surface area contributed by atoms with E-state index in [0.29, 0.717) is 18.0 Å². The fraction of sp³-hybridized carbons (Fsp3) is 0.300. The summed E-state index contributed by atoms with van der Waals surface area (Å²) in [5.74, 6) is 0.691. The number of aromatic nitrogens is 1. The molecule has 1 heterocycles. The summed E-state index contributed by atoms with van der Waals surface area (Å²) in [6.07, 6.45) is 4.09. The van der Waals surface area contributed by atoms with Gasteiger partial charge in [-0.05, 0) is 6.92 Å². The summed E-state index contributed by atoms with van der Waals surface area (Å²) in [6, 6.07) is 1.76. The van der Waals surface area contributed by atoms with Crippen LogP contribution in [-0.2, 0) is 0 Å². The van der Waals surface area contributed by atoms with Crippen LogP contribution in [0.25, 0.3) is 0 Å². The van der Waals surface area contributed by atoms with Gasteiger partial charge in [-0.15, -0.1) is 6.58 Å². The van der Waals surface area contributed by atoms with E-state index in [9.17, 15) is 0 Å². The van der Waals surface area contributed by atoms with Crippen LogP contribution in [0.15, 0.2) is 30.6 Å². The predicted molar refractivity (Wildman–Crippen MR) is 53.6 cm³/mol. The molecule has 0 unspecified atom stereocenters. The Labute approximate surface area is 78.2 Å². The maximum atomic E-state index is 5.63. The quantitative estimate of drug-likeness (QED) is 0.717. The highest BCUT2D eigenvalue weighted by Crippen LogP contribution is 2.18. The molecule has 0 radical (unpaired) electrons. The van der Waals surface area contributed by atoms with Gasteiger partial charge >= 0.3 is 0 Å². The zero-order chi connectivity index (χ0) is 9.68. The summed E-state index contributed by atoms with van der Waals surface area (Å²) >= 11 is 0. The van der Waals surface area contributed by atoms with Gasteiger partial charge in [0.2, 0.25) is 0 Å². The first kappa shape index (κ1) is 9.58. The standard InChI is InChI=1S/C10H14N2O/c1-8(2)4-6-13-10-3-5-12-7-9(10)11/h3,5,7H,1,4,6,11H2,2H3. The molecule has 3 nitrogen and oxygen atoms in total. The molecule has 70 valence electrons. The van der Waals surface area contributed by atoms with Crippen LogP contribution in [-0.4, -0.2) is 11.6 Å². The Balaban J connectivity index is 2.45. The minimum atomic E-state index is 0.573. The number of pyridine rings is 1. The number of hydrogen-bond acceptors (Lipinski definition) is 3. The monoisotopic (exact) mass is 178 g/mol. The highest BCUT2D eigenvalue weighted by molar-refractivity contribution is 5.49. The van der Waals surface area contributed by atoms with Gasteiger partial charge in [0.05, 0.1) is 18.5 Å². The molecule has 0 aromatic carbocycles. The molecule has 0 aliphatic rings. The summed E-state index contributed by atoms with van der Waals surface area (Å²) in [4.78, 5) is 3.87. The predicted octanol–water partition coefficient (Wildman–Crippen LogP) is 2.01. The Morgan fingerprint density at radius 3 is 3.08 bits per heavy atom. The Kier molecular flexibility index (Phi) is 3.31. The van der Waals surface area contributed by atoms with E-state index < -0.39 is 0 Å². The van der Waals surface area contributed by atoms with Gasteiger partial charge in [-0.2, -0.15) is 0 Å². The second-order valence-electron chi connectivity index (χ2n) is 2.97. The van der Waals surface area contributed by atoms with Crippen LogP contribution in [0.2, 0.25) is 0 Å². The molecule has 0 bridgehead atoms. The van der Waals surface area contributed by atoms with Crippen molar-refractivity contribution < 1.29 is 4.74 Å². The minimum Gasteiger partial charge on any atom is -0.491 e. The molecule has 0 amide bonds. The first-order chi connectivity index (χ1) is 6.20. The average Bonchev–Trinajstić information content (AvgIpc) is 2.08. The molecule has 0 fully saturated rings. The Morgan fingerprint density at radius 1 is 1.69 bits per heavy atom. The maximum absolute atomic E-state index is 5.63. The van der Waals surface area contributed by atoms with Crippen LogP contribution >= 0.6 is 0 Å². The molecule has 0 atom stereocenters. The van der Waals surface area contributed by atoms with Gasteiger partial charge < -0.3 is 10.5 Å². The van der Waals surface area contributed by atoms with Gasteiger partial charge in [0, 0.05) is 18.7 Å². The van der Waals surface area contributed by atoms with E-state index >= 15 is 0 Å². The molecule has 1 aromatic rings. The lowest BCUT2D eigenvalue weighted by Crippen LogP contribution is -2.00. The van der Waals surface area contributed by atoms with Crippen LogP contribution < -0.4 is 10.5 Å². The molecule has 0 saturated heterocycles. The lowest BCUT2D eigenvalue weighted by Gasteiger charge is -2.07. The molecule has 0 saturated carbocycles. The Bertz CT molecular complexity index is 297. The molecular formula is C10H14N2O. The van der Waals surface area contributed by atoms with E-state index in [1.807, 2.05) is 6.92 Å². The topological polar surface area (TPSA) is 48.1 Å². The number of ether oxygens (including phenoxy) is 1. The van der Waals surface area contributed by atoms with Gasteiger partial charge in [0.1, 0.15) is 5.75 Å². The molecule has 0 aliphatic heterocycles. The lowest BCUT2D eigenvalue weighted by atomic mass is 10.3. The van der Waals surface area contributed by atoms with Crippen LogP contribution in [0.5, 0.6) is 5.75 Å². The number of nitrogens with two attached hydrogens (primary N) is 1. The first-order valence-electron chi connectivity index (χ1n) is 4.17. The largest absolute Gasteiger partial charge is 0.491 e. The van der Waals surface area contributed by atoms with E-state index in [-0.39, 0.29) is 0 Å². The van der Waals surface area contributed by atoms with Crippen molar-refractivity contribution in [2.45, 2.75) is 13.3 Å². The Hall–Kier alpha value is -1.51. The van der Waals surface area contributed by atoms with Crippen molar-refractivity contribution in [2.24, 2.45) is 0 Å². The second-order valence-corrected chi connectivity index (χ2v) is 2.97. The van der Waals surface area contributed by atoms with Crippen molar-refractivity contribution in [3.8, 4) is 5.75 Å². The van der Waals surface area contributed by atoms with Crippen LogP contribution in [0.1, 0.15) is 13.3 Å². The molecule has 1 rings (SSSR count). The van der Waals surface area contributed by atoms with E-state index in [1.54, 1.807) is 18.5 Å². The molecule has 13 heavy (non-hydrogen) atoms. The van der Waals surface area contributed by atoms with Gasteiger partial charge in [-0.1, -0.05) is 5.57 Å². The normalized spacial score (nSPS) is 9.62. The maximum Gasteiger partial charge on any atom is 0.145 e. The fourth-order valence-electron chi connectivity index (χ4n) is 0.861. The summed E-state index contributed by atoms with van der Waals surface area (Å²) in [5.41, 5.74) is 7.31. The zero-order valence-corrected chi connectivity index (χ0v) is 7.79. The van der Waals surface area contributed by atoms with Crippen LogP contribution in [0, 0.1) is 0 Å². The average molecular weight is 178 g/mol. The summed E-state index contributed by atoms with van der Waals surface area (Å²) < 4.78 is 5.42. The van der Waals surface area contributed by atoms with Crippen molar-refractivity contribution in [2.75, 3.05) is 12.3 Å². The van der Waals surface area contributed by atoms with Crippen molar-refractivity contribution in [1.29, 1.82) is 0 Å². The zero-order valence-electron chi connectivity index (χ0n) is 7.79. The third-order valence-electron chi connectivity index (χ3n) is 1.60. The SMILES string of the molecule is C=C(C)CCOc1ccncc1N. The van der Waals surface area contributed by atoms with Crippen molar-refractivity contribution in [3.05, 3.63) is 30.6 Å². The van der Waals surface area contributed by atoms with Crippen molar-refractivity contribution in [3.63, 3.8) is 0 Å². The number of nitrogen functional groups attached to an aromatic ring is 1. The smallest absolute Gasteiger partial charge is 0.145 e. The highest BCUT2D eigenvalue weighted by Gasteiger charge is 1.97. The van der Waals surface area contributed by atoms with E-state index in [1.165, 1.54) is 0 Å². The Morgan fingerprint density at radius 2 is 2.46 bits per heavy atom. The second kappa shape index (κ2) is 4.50. The minimum absolute atomic E-state index is 0.573. The van der Waals surface area contributed by atoms with Crippen molar-refractivity contribution in [1.82, 2.24) is 4.98 Å². The summed E-state index contributed by atoms with van der Waals surface area (Å²) in [5, 5.41) is 0. The first-order valence-corrected chi connectivity index (χ1v) is 4.17. The highest BCUT2D eigenvalue weighted by atomic mass is 16.5. The van der Waals surface area contributed by atoms with Crippen LogP contribution in [0.4, 0.5) is 5.69 Å². The lowest BCUT2D eigenvalue weighted by molar-refractivity contribution is 0.323. The molecule has 3 heteroatoms. The van der Waals surface area contributed by atoms with Gasteiger partial charge in [0.25, 0.3) is 0 Å².